The van der Waals surface area contributed by atoms with E-state index in [1.807, 2.05) is 49.4 Å². The number of ether oxygens (including phenoxy) is 1. The monoisotopic (exact) mass is 346 g/mol. The standard InChI is InChI=1S/C22H19FN2O/c1-15-16(7-6-10-21(15)23)11-19-12-17-13-20(26-2)14-24-22(17)25(19)18-8-4-3-5-9-18/h3-10,12-14H,11H2,1-2H3. The van der Waals surface area contributed by atoms with Gasteiger partial charge in [0.05, 0.1) is 13.3 Å². The second-order valence-electron chi connectivity index (χ2n) is 6.30. The molecule has 4 heteroatoms. The molecular formula is C22H19FN2O. The van der Waals surface area contributed by atoms with Gasteiger partial charge < -0.3 is 4.74 Å². The third kappa shape index (κ3) is 2.84. The maximum atomic E-state index is 14.0. The Balaban J connectivity index is 1.91. The van der Waals surface area contributed by atoms with Crippen molar-refractivity contribution in [3.05, 3.63) is 89.5 Å². The molecule has 0 amide bonds. The normalized spacial score (nSPS) is 11.0. The van der Waals surface area contributed by atoms with Crippen LogP contribution in [0.3, 0.4) is 0 Å². The Morgan fingerprint density at radius 3 is 2.62 bits per heavy atom. The van der Waals surface area contributed by atoms with Gasteiger partial charge in [0.1, 0.15) is 17.2 Å². The number of pyridine rings is 1. The Bertz CT molecular complexity index is 1070. The fourth-order valence-corrected chi connectivity index (χ4v) is 3.27. The van der Waals surface area contributed by atoms with Gasteiger partial charge in [-0.05, 0) is 48.4 Å². The van der Waals surface area contributed by atoms with Crippen LogP contribution in [0.4, 0.5) is 4.39 Å². The number of nitrogens with zero attached hydrogens (tertiary/aromatic N) is 2. The van der Waals surface area contributed by atoms with Gasteiger partial charge in [0, 0.05) is 23.2 Å². The van der Waals surface area contributed by atoms with Gasteiger partial charge in [0.25, 0.3) is 0 Å². The van der Waals surface area contributed by atoms with Gasteiger partial charge in [0.15, 0.2) is 0 Å². The highest BCUT2D eigenvalue weighted by Gasteiger charge is 2.14. The second-order valence-corrected chi connectivity index (χ2v) is 6.30. The summed E-state index contributed by atoms with van der Waals surface area (Å²) in [5.74, 6) is 0.542. The first-order chi connectivity index (χ1) is 12.7. The van der Waals surface area contributed by atoms with Crippen molar-refractivity contribution in [1.29, 1.82) is 0 Å². The highest BCUT2D eigenvalue weighted by molar-refractivity contribution is 5.81. The van der Waals surface area contributed by atoms with E-state index in [2.05, 4.69) is 15.6 Å². The molecule has 4 rings (SSSR count). The molecule has 0 saturated carbocycles. The SMILES string of the molecule is COc1cnc2c(c1)cc(Cc1cccc(F)c1C)n2-c1ccccc1. The zero-order valence-electron chi connectivity index (χ0n) is 14.7. The molecule has 3 nitrogen and oxygen atoms in total. The molecule has 2 heterocycles. The minimum atomic E-state index is -0.176. The van der Waals surface area contributed by atoms with Gasteiger partial charge in [-0.15, -0.1) is 0 Å². The number of hydrogen-bond acceptors (Lipinski definition) is 2. The molecule has 0 aliphatic rings. The molecule has 0 bridgehead atoms. The van der Waals surface area contributed by atoms with E-state index in [1.54, 1.807) is 19.4 Å². The van der Waals surface area contributed by atoms with Crippen LogP contribution in [0.5, 0.6) is 5.75 Å². The van der Waals surface area contributed by atoms with E-state index in [9.17, 15) is 4.39 Å². The van der Waals surface area contributed by atoms with E-state index in [4.69, 9.17) is 4.74 Å². The van der Waals surface area contributed by atoms with E-state index in [0.29, 0.717) is 12.0 Å². The van der Waals surface area contributed by atoms with E-state index in [1.165, 1.54) is 6.07 Å². The summed E-state index contributed by atoms with van der Waals surface area (Å²) in [7, 11) is 1.63. The van der Waals surface area contributed by atoms with E-state index in [-0.39, 0.29) is 5.82 Å². The summed E-state index contributed by atoms with van der Waals surface area (Å²) in [5, 5.41) is 0.997. The first-order valence-electron chi connectivity index (χ1n) is 8.51. The van der Waals surface area contributed by atoms with Crippen LogP contribution in [0.25, 0.3) is 16.7 Å². The summed E-state index contributed by atoms with van der Waals surface area (Å²) in [6.07, 6.45) is 2.34. The first-order valence-corrected chi connectivity index (χ1v) is 8.51. The number of para-hydroxylation sites is 1. The minimum Gasteiger partial charge on any atom is -0.495 e. The van der Waals surface area contributed by atoms with Gasteiger partial charge in [-0.25, -0.2) is 9.37 Å². The van der Waals surface area contributed by atoms with Crippen molar-refractivity contribution >= 4 is 11.0 Å². The summed E-state index contributed by atoms with van der Waals surface area (Å²) in [6, 6.07) is 19.4. The summed E-state index contributed by atoms with van der Waals surface area (Å²) in [4.78, 5) is 4.59. The minimum absolute atomic E-state index is 0.176. The molecule has 0 fully saturated rings. The van der Waals surface area contributed by atoms with Crippen molar-refractivity contribution in [2.24, 2.45) is 0 Å². The van der Waals surface area contributed by atoms with Crippen LogP contribution in [0, 0.1) is 12.7 Å². The number of halogens is 1. The molecule has 0 unspecified atom stereocenters. The van der Waals surface area contributed by atoms with Gasteiger partial charge in [-0.1, -0.05) is 30.3 Å². The summed E-state index contributed by atoms with van der Waals surface area (Å²) in [5.41, 5.74) is 4.60. The Morgan fingerprint density at radius 2 is 1.85 bits per heavy atom. The Hall–Kier alpha value is -3.14. The molecule has 2 aromatic heterocycles. The zero-order chi connectivity index (χ0) is 18.1. The number of fused-ring (bicyclic) bond motifs is 1. The Kier molecular flexibility index (Phi) is 4.17. The maximum absolute atomic E-state index is 14.0. The molecule has 0 aliphatic carbocycles. The molecular weight excluding hydrogens is 327 g/mol. The van der Waals surface area contributed by atoms with Crippen molar-refractivity contribution < 1.29 is 9.13 Å². The van der Waals surface area contributed by atoms with E-state index in [0.717, 1.165) is 33.7 Å². The molecule has 0 aliphatic heterocycles. The lowest BCUT2D eigenvalue weighted by Crippen LogP contribution is -2.03. The number of hydrogen-bond donors (Lipinski definition) is 0. The molecule has 0 atom stereocenters. The lowest BCUT2D eigenvalue weighted by Gasteiger charge is -2.12. The molecule has 130 valence electrons. The zero-order valence-corrected chi connectivity index (χ0v) is 14.7. The van der Waals surface area contributed by atoms with E-state index >= 15 is 0 Å². The number of methoxy groups -OCH3 is 1. The molecule has 26 heavy (non-hydrogen) atoms. The summed E-state index contributed by atoms with van der Waals surface area (Å²) >= 11 is 0. The number of benzene rings is 2. The largest absolute Gasteiger partial charge is 0.495 e. The lowest BCUT2D eigenvalue weighted by molar-refractivity contribution is 0.413. The van der Waals surface area contributed by atoms with Crippen molar-refractivity contribution in [1.82, 2.24) is 9.55 Å². The smallest absolute Gasteiger partial charge is 0.144 e. The fourth-order valence-electron chi connectivity index (χ4n) is 3.27. The van der Waals surface area contributed by atoms with Gasteiger partial charge in [-0.2, -0.15) is 0 Å². The lowest BCUT2D eigenvalue weighted by atomic mass is 10.0. The van der Waals surface area contributed by atoms with Crippen LogP contribution in [-0.2, 0) is 6.42 Å². The Morgan fingerprint density at radius 1 is 1.04 bits per heavy atom. The molecule has 0 N–H and O–H groups in total. The van der Waals surface area contributed by atoms with Crippen LogP contribution >= 0.6 is 0 Å². The van der Waals surface area contributed by atoms with Crippen LogP contribution in [0.2, 0.25) is 0 Å². The molecule has 4 aromatic rings. The molecule has 0 spiro atoms. The van der Waals surface area contributed by atoms with Crippen molar-refractivity contribution in [3.63, 3.8) is 0 Å². The quantitative estimate of drug-likeness (QED) is 0.516. The van der Waals surface area contributed by atoms with Gasteiger partial charge in [-0.3, -0.25) is 4.57 Å². The maximum Gasteiger partial charge on any atom is 0.144 e. The average Bonchev–Trinajstić information content (AvgIpc) is 3.03. The van der Waals surface area contributed by atoms with Gasteiger partial charge >= 0.3 is 0 Å². The summed E-state index contributed by atoms with van der Waals surface area (Å²) in [6.45, 7) is 1.82. The first kappa shape index (κ1) is 16.3. The predicted octanol–water partition coefficient (Wildman–Crippen LogP) is 5.07. The Labute approximate surface area is 151 Å². The number of aromatic nitrogens is 2. The summed E-state index contributed by atoms with van der Waals surface area (Å²) < 4.78 is 21.4. The predicted molar refractivity (Wildman–Crippen MR) is 102 cm³/mol. The molecule has 2 aromatic carbocycles. The highest BCUT2D eigenvalue weighted by Crippen LogP contribution is 2.28. The highest BCUT2D eigenvalue weighted by atomic mass is 19.1. The third-order valence-electron chi connectivity index (χ3n) is 4.69. The van der Waals surface area contributed by atoms with Crippen LogP contribution < -0.4 is 4.74 Å². The van der Waals surface area contributed by atoms with Crippen molar-refractivity contribution in [2.75, 3.05) is 7.11 Å². The van der Waals surface area contributed by atoms with E-state index < -0.39 is 0 Å². The topological polar surface area (TPSA) is 27.1 Å². The van der Waals surface area contributed by atoms with Crippen LogP contribution in [-0.4, -0.2) is 16.7 Å². The average molecular weight is 346 g/mol. The third-order valence-corrected chi connectivity index (χ3v) is 4.69. The van der Waals surface area contributed by atoms with Crippen molar-refractivity contribution in [2.45, 2.75) is 13.3 Å². The van der Waals surface area contributed by atoms with Crippen molar-refractivity contribution in [3.8, 4) is 11.4 Å². The molecule has 0 saturated heterocycles. The number of rotatable bonds is 4. The molecule has 0 radical (unpaired) electrons. The second kappa shape index (κ2) is 6.64. The van der Waals surface area contributed by atoms with Crippen LogP contribution in [0.1, 0.15) is 16.8 Å². The fraction of sp³-hybridized carbons (Fsp3) is 0.136. The van der Waals surface area contributed by atoms with Gasteiger partial charge in [0.2, 0.25) is 0 Å². The van der Waals surface area contributed by atoms with Crippen LogP contribution in [0.15, 0.2) is 66.9 Å².